The van der Waals surface area contributed by atoms with Crippen molar-refractivity contribution in [2.75, 3.05) is 13.1 Å². The molecule has 14 heavy (non-hydrogen) atoms. The van der Waals surface area contributed by atoms with Crippen LogP contribution >= 0.6 is 0 Å². The molecule has 0 amide bonds. The molecule has 4 unspecified atom stereocenters. The molecule has 82 valence electrons. The van der Waals surface area contributed by atoms with Gasteiger partial charge in [-0.2, -0.15) is 0 Å². The first-order chi connectivity index (χ1) is 6.81. The summed E-state index contributed by atoms with van der Waals surface area (Å²) in [5.74, 6) is 1.86. The summed E-state index contributed by atoms with van der Waals surface area (Å²) in [5.41, 5.74) is 0. The van der Waals surface area contributed by atoms with E-state index in [9.17, 15) is 0 Å². The SMILES string of the molecule is CCCC1CC1NCC1NCCC1C. The summed E-state index contributed by atoms with van der Waals surface area (Å²) >= 11 is 0. The quantitative estimate of drug-likeness (QED) is 0.700. The Balaban J connectivity index is 1.59. The summed E-state index contributed by atoms with van der Waals surface area (Å²) in [6.07, 6.45) is 5.55. The number of nitrogens with one attached hydrogen (secondary N) is 2. The van der Waals surface area contributed by atoms with E-state index in [1.807, 2.05) is 0 Å². The highest BCUT2D eigenvalue weighted by atomic mass is 15.0. The topological polar surface area (TPSA) is 24.1 Å². The molecule has 2 aliphatic rings. The van der Waals surface area contributed by atoms with E-state index >= 15 is 0 Å². The fourth-order valence-corrected chi connectivity index (χ4v) is 2.64. The van der Waals surface area contributed by atoms with E-state index in [4.69, 9.17) is 0 Å². The third-order valence-electron chi connectivity index (χ3n) is 3.88. The second-order valence-corrected chi connectivity index (χ2v) is 5.13. The van der Waals surface area contributed by atoms with Gasteiger partial charge in [0, 0.05) is 18.6 Å². The molecule has 0 aromatic heterocycles. The summed E-state index contributed by atoms with van der Waals surface area (Å²) in [4.78, 5) is 0. The lowest BCUT2D eigenvalue weighted by Gasteiger charge is -2.16. The van der Waals surface area contributed by atoms with Crippen LogP contribution in [-0.2, 0) is 0 Å². The van der Waals surface area contributed by atoms with Gasteiger partial charge in [-0.1, -0.05) is 20.3 Å². The lowest BCUT2D eigenvalue weighted by molar-refractivity contribution is 0.440. The molecule has 2 N–H and O–H groups in total. The molecule has 1 aliphatic carbocycles. The van der Waals surface area contributed by atoms with Crippen LogP contribution < -0.4 is 10.6 Å². The normalized spacial score (nSPS) is 41.6. The van der Waals surface area contributed by atoms with Gasteiger partial charge in [-0.25, -0.2) is 0 Å². The minimum atomic E-state index is 0.734. The van der Waals surface area contributed by atoms with Crippen LogP contribution in [-0.4, -0.2) is 25.2 Å². The van der Waals surface area contributed by atoms with Crippen LogP contribution in [0, 0.1) is 11.8 Å². The standard InChI is InChI=1S/C12H24N2/c1-3-4-10-7-11(10)14-8-12-9(2)5-6-13-12/h9-14H,3-8H2,1-2H3. The van der Waals surface area contributed by atoms with Crippen molar-refractivity contribution < 1.29 is 0 Å². The van der Waals surface area contributed by atoms with E-state index in [0.29, 0.717) is 0 Å². The van der Waals surface area contributed by atoms with Gasteiger partial charge >= 0.3 is 0 Å². The highest BCUT2D eigenvalue weighted by molar-refractivity contribution is 4.94. The van der Waals surface area contributed by atoms with Crippen molar-refractivity contribution in [2.24, 2.45) is 11.8 Å². The minimum Gasteiger partial charge on any atom is -0.312 e. The molecule has 0 bridgehead atoms. The summed E-state index contributed by atoms with van der Waals surface area (Å²) in [6, 6.07) is 1.59. The molecule has 4 atom stereocenters. The zero-order valence-corrected chi connectivity index (χ0v) is 9.55. The van der Waals surface area contributed by atoms with Crippen LogP contribution in [0.1, 0.15) is 39.5 Å². The molecule has 1 aliphatic heterocycles. The maximum atomic E-state index is 3.70. The minimum absolute atomic E-state index is 0.734. The maximum absolute atomic E-state index is 3.70. The molecular formula is C12H24N2. The van der Waals surface area contributed by atoms with Gasteiger partial charge < -0.3 is 10.6 Å². The summed E-state index contributed by atoms with van der Waals surface area (Å²) in [5, 5.41) is 7.28. The fraction of sp³-hybridized carbons (Fsp3) is 1.00. The van der Waals surface area contributed by atoms with Gasteiger partial charge in [-0.05, 0) is 37.6 Å². The molecule has 2 nitrogen and oxygen atoms in total. The Morgan fingerprint density at radius 3 is 2.93 bits per heavy atom. The monoisotopic (exact) mass is 196 g/mol. The zero-order valence-electron chi connectivity index (χ0n) is 9.55. The molecule has 2 fully saturated rings. The Hall–Kier alpha value is -0.0800. The third kappa shape index (κ3) is 2.48. The molecule has 2 rings (SSSR count). The van der Waals surface area contributed by atoms with Crippen LogP contribution in [0.2, 0.25) is 0 Å². The summed E-state index contributed by atoms with van der Waals surface area (Å²) < 4.78 is 0. The van der Waals surface area contributed by atoms with Gasteiger partial charge in [0.25, 0.3) is 0 Å². The van der Waals surface area contributed by atoms with Gasteiger partial charge in [-0.15, -0.1) is 0 Å². The largest absolute Gasteiger partial charge is 0.312 e. The van der Waals surface area contributed by atoms with Crippen LogP contribution in [0.4, 0.5) is 0 Å². The van der Waals surface area contributed by atoms with E-state index in [2.05, 4.69) is 24.5 Å². The highest BCUT2D eigenvalue weighted by Crippen LogP contribution is 2.34. The van der Waals surface area contributed by atoms with Crippen LogP contribution in [0.25, 0.3) is 0 Å². The van der Waals surface area contributed by atoms with E-state index < -0.39 is 0 Å². The lowest BCUT2D eigenvalue weighted by Crippen LogP contribution is -2.38. The number of rotatable bonds is 5. The molecule has 0 aromatic carbocycles. The molecule has 2 heteroatoms. The first kappa shape index (κ1) is 10.4. The Kier molecular flexibility index (Phi) is 3.45. The van der Waals surface area contributed by atoms with Crippen LogP contribution in [0.15, 0.2) is 0 Å². The fourth-order valence-electron chi connectivity index (χ4n) is 2.64. The van der Waals surface area contributed by atoms with Gasteiger partial charge in [0.05, 0.1) is 0 Å². The van der Waals surface area contributed by atoms with Crippen LogP contribution in [0.3, 0.4) is 0 Å². The predicted octanol–water partition coefficient (Wildman–Crippen LogP) is 1.76. The van der Waals surface area contributed by atoms with Gasteiger partial charge in [0.1, 0.15) is 0 Å². The Labute approximate surface area is 87.8 Å². The van der Waals surface area contributed by atoms with Gasteiger partial charge in [0.2, 0.25) is 0 Å². The Morgan fingerprint density at radius 2 is 2.29 bits per heavy atom. The molecule has 1 saturated heterocycles. The maximum Gasteiger partial charge on any atom is 0.0218 e. The van der Waals surface area contributed by atoms with Crippen molar-refractivity contribution in [1.82, 2.24) is 10.6 Å². The first-order valence-corrected chi connectivity index (χ1v) is 6.28. The molecule has 1 heterocycles. The highest BCUT2D eigenvalue weighted by Gasteiger charge is 2.36. The average molecular weight is 196 g/mol. The smallest absolute Gasteiger partial charge is 0.0218 e. The third-order valence-corrected chi connectivity index (χ3v) is 3.88. The van der Waals surface area contributed by atoms with Gasteiger partial charge in [0.15, 0.2) is 0 Å². The van der Waals surface area contributed by atoms with E-state index in [1.54, 1.807) is 0 Å². The predicted molar refractivity (Wildman–Crippen MR) is 60.4 cm³/mol. The number of hydrogen-bond acceptors (Lipinski definition) is 2. The summed E-state index contributed by atoms with van der Waals surface area (Å²) in [6.45, 7) is 7.06. The first-order valence-electron chi connectivity index (χ1n) is 6.28. The molecule has 0 spiro atoms. The molecule has 0 radical (unpaired) electrons. The van der Waals surface area contributed by atoms with Gasteiger partial charge in [-0.3, -0.25) is 0 Å². The Bertz CT molecular complexity index is 181. The van der Waals surface area contributed by atoms with E-state index in [-0.39, 0.29) is 0 Å². The van der Waals surface area contributed by atoms with Crippen LogP contribution in [0.5, 0.6) is 0 Å². The molecule has 1 saturated carbocycles. The van der Waals surface area contributed by atoms with Crippen molar-refractivity contribution in [3.63, 3.8) is 0 Å². The van der Waals surface area contributed by atoms with Crippen molar-refractivity contribution in [1.29, 1.82) is 0 Å². The van der Waals surface area contributed by atoms with Crippen molar-refractivity contribution in [3.8, 4) is 0 Å². The molecule has 0 aromatic rings. The molecular weight excluding hydrogens is 172 g/mol. The lowest BCUT2D eigenvalue weighted by atomic mass is 10.0. The number of hydrogen-bond donors (Lipinski definition) is 2. The average Bonchev–Trinajstić information content (AvgIpc) is 2.78. The summed E-state index contributed by atoms with van der Waals surface area (Å²) in [7, 11) is 0. The second kappa shape index (κ2) is 4.63. The van der Waals surface area contributed by atoms with Crippen molar-refractivity contribution in [3.05, 3.63) is 0 Å². The van der Waals surface area contributed by atoms with Crippen molar-refractivity contribution >= 4 is 0 Å². The van der Waals surface area contributed by atoms with E-state index in [0.717, 1.165) is 23.9 Å². The van der Waals surface area contributed by atoms with Crippen molar-refractivity contribution in [2.45, 2.75) is 51.6 Å². The van der Waals surface area contributed by atoms with E-state index in [1.165, 1.54) is 38.8 Å². The Morgan fingerprint density at radius 1 is 1.43 bits per heavy atom. The second-order valence-electron chi connectivity index (χ2n) is 5.13. The zero-order chi connectivity index (χ0) is 9.97.